The van der Waals surface area contributed by atoms with E-state index in [4.69, 9.17) is 15.2 Å². The molecule has 0 saturated heterocycles. The summed E-state index contributed by atoms with van der Waals surface area (Å²) in [5.74, 6) is 1.36. The van der Waals surface area contributed by atoms with Crippen molar-refractivity contribution in [3.63, 3.8) is 0 Å². The van der Waals surface area contributed by atoms with Crippen LogP contribution >= 0.6 is 0 Å². The number of rotatable bonds is 9. The number of imidazole rings is 1. The molecule has 6 heteroatoms. The number of unbranched alkanes of at least 4 members (excludes halogenated alkanes) is 3. The second-order valence-electron chi connectivity index (χ2n) is 5.66. The Morgan fingerprint density at radius 2 is 2.08 bits per heavy atom. The Bertz CT molecular complexity index is 654. The van der Waals surface area contributed by atoms with E-state index in [-0.39, 0.29) is 0 Å². The molecule has 2 rings (SSSR count). The Hall–Kier alpha value is -2.50. The minimum atomic E-state index is -0.786. The van der Waals surface area contributed by atoms with Crippen LogP contribution in [0.5, 0.6) is 5.75 Å². The van der Waals surface area contributed by atoms with Crippen molar-refractivity contribution in [2.75, 3.05) is 7.11 Å². The summed E-state index contributed by atoms with van der Waals surface area (Å²) < 4.78 is 10.6. The van der Waals surface area contributed by atoms with Crippen molar-refractivity contribution in [1.82, 2.24) is 9.97 Å². The topological polar surface area (TPSA) is 90.2 Å². The first-order valence-electron chi connectivity index (χ1n) is 8.30. The number of H-pyrrole nitrogens is 1. The van der Waals surface area contributed by atoms with Crippen LogP contribution in [0.3, 0.4) is 0 Å². The maximum absolute atomic E-state index is 11.2. The number of para-hydroxylation sites is 1. The third kappa shape index (κ3) is 4.75. The zero-order chi connectivity index (χ0) is 17.4. The molecule has 0 aliphatic heterocycles. The fraction of sp³-hybridized carbons (Fsp3) is 0.444. The van der Waals surface area contributed by atoms with Crippen LogP contribution < -0.4 is 10.5 Å². The maximum Gasteiger partial charge on any atom is 0.405 e. The molecule has 3 N–H and O–H groups in total. The molecule has 2 aromatic rings. The number of aromatic amines is 1. The summed E-state index contributed by atoms with van der Waals surface area (Å²) in [4.78, 5) is 18.8. The fourth-order valence-corrected chi connectivity index (χ4v) is 2.65. The number of amides is 1. The standard InChI is InChI=1S/C18H25N3O3/c1-3-4-5-6-11-16(24-18(19)22)17-20-12-14(21-17)13-9-7-8-10-15(13)23-2/h7-10,12,16H,3-6,11H2,1-2H3,(H2,19,22)(H,20,21). The zero-order valence-electron chi connectivity index (χ0n) is 14.2. The minimum Gasteiger partial charge on any atom is -0.496 e. The van der Waals surface area contributed by atoms with Crippen LogP contribution in [0.15, 0.2) is 30.5 Å². The molecule has 1 aromatic heterocycles. The van der Waals surface area contributed by atoms with E-state index >= 15 is 0 Å². The zero-order valence-corrected chi connectivity index (χ0v) is 14.2. The summed E-state index contributed by atoms with van der Waals surface area (Å²) in [6.07, 6.45) is 5.53. The average Bonchev–Trinajstić information content (AvgIpc) is 3.07. The highest BCUT2D eigenvalue weighted by Crippen LogP contribution is 2.30. The molecule has 0 aliphatic carbocycles. The Morgan fingerprint density at radius 1 is 1.29 bits per heavy atom. The van der Waals surface area contributed by atoms with E-state index in [9.17, 15) is 4.79 Å². The summed E-state index contributed by atoms with van der Waals surface area (Å²) in [6.45, 7) is 2.16. The highest BCUT2D eigenvalue weighted by atomic mass is 16.6. The van der Waals surface area contributed by atoms with Crippen molar-refractivity contribution in [1.29, 1.82) is 0 Å². The van der Waals surface area contributed by atoms with Gasteiger partial charge in [-0.3, -0.25) is 0 Å². The van der Waals surface area contributed by atoms with Crippen LogP contribution in [0.2, 0.25) is 0 Å². The normalized spacial score (nSPS) is 11.9. The molecule has 1 aromatic carbocycles. The minimum absolute atomic E-state index is 0.456. The molecule has 0 saturated carbocycles. The second kappa shape index (κ2) is 8.96. The summed E-state index contributed by atoms with van der Waals surface area (Å²) in [5, 5.41) is 0. The number of nitrogens with zero attached hydrogens (tertiary/aromatic N) is 1. The smallest absolute Gasteiger partial charge is 0.405 e. The van der Waals surface area contributed by atoms with E-state index in [1.165, 1.54) is 0 Å². The van der Waals surface area contributed by atoms with Crippen molar-refractivity contribution >= 4 is 6.09 Å². The van der Waals surface area contributed by atoms with Gasteiger partial charge in [-0.15, -0.1) is 0 Å². The van der Waals surface area contributed by atoms with Crippen LogP contribution in [0.4, 0.5) is 4.79 Å². The predicted molar refractivity (Wildman–Crippen MR) is 92.7 cm³/mol. The van der Waals surface area contributed by atoms with Gasteiger partial charge < -0.3 is 20.2 Å². The number of aromatic nitrogens is 2. The summed E-state index contributed by atoms with van der Waals surface area (Å²) >= 11 is 0. The first-order chi connectivity index (χ1) is 11.7. The molecule has 0 radical (unpaired) electrons. The fourth-order valence-electron chi connectivity index (χ4n) is 2.65. The molecular formula is C18H25N3O3. The van der Waals surface area contributed by atoms with Gasteiger partial charge in [0.05, 0.1) is 19.0 Å². The number of nitrogens with two attached hydrogens (primary N) is 1. The SMILES string of the molecule is CCCCCCC(OC(N)=O)c1ncc(-c2ccccc2OC)[nH]1. The van der Waals surface area contributed by atoms with Gasteiger partial charge in [-0.1, -0.05) is 38.3 Å². The van der Waals surface area contributed by atoms with Crippen LogP contribution in [-0.4, -0.2) is 23.2 Å². The lowest BCUT2D eigenvalue weighted by molar-refractivity contribution is 0.0947. The largest absolute Gasteiger partial charge is 0.496 e. The second-order valence-corrected chi connectivity index (χ2v) is 5.66. The van der Waals surface area contributed by atoms with Gasteiger partial charge in [0.1, 0.15) is 11.6 Å². The Kier molecular flexibility index (Phi) is 6.66. The number of hydrogen-bond acceptors (Lipinski definition) is 4. The quantitative estimate of drug-likeness (QED) is 0.674. The number of hydrogen-bond donors (Lipinski definition) is 2. The van der Waals surface area contributed by atoms with E-state index in [0.717, 1.165) is 42.7 Å². The maximum atomic E-state index is 11.2. The van der Waals surface area contributed by atoms with Crippen molar-refractivity contribution in [2.24, 2.45) is 5.73 Å². The van der Waals surface area contributed by atoms with Crippen molar-refractivity contribution in [2.45, 2.75) is 45.1 Å². The average molecular weight is 331 g/mol. The van der Waals surface area contributed by atoms with E-state index in [0.29, 0.717) is 12.2 Å². The summed E-state index contributed by atoms with van der Waals surface area (Å²) in [7, 11) is 1.63. The number of primary amides is 1. The Labute approximate surface area is 142 Å². The van der Waals surface area contributed by atoms with Crippen LogP contribution in [0, 0.1) is 0 Å². The van der Waals surface area contributed by atoms with E-state index < -0.39 is 12.2 Å². The lowest BCUT2D eigenvalue weighted by atomic mass is 10.1. The lowest BCUT2D eigenvalue weighted by Crippen LogP contribution is -2.18. The van der Waals surface area contributed by atoms with Gasteiger partial charge in [0.25, 0.3) is 0 Å². The molecule has 1 atom stereocenters. The Balaban J connectivity index is 2.16. The highest BCUT2D eigenvalue weighted by Gasteiger charge is 2.19. The first-order valence-corrected chi connectivity index (χ1v) is 8.30. The van der Waals surface area contributed by atoms with Gasteiger partial charge in [0, 0.05) is 5.56 Å². The van der Waals surface area contributed by atoms with Crippen LogP contribution in [0.1, 0.15) is 51.0 Å². The van der Waals surface area contributed by atoms with Gasteiger partial charge >= 0.3 is 6.09 Å². The number of nitrogens with one attached hydrogen (secondary N) is 1. The van der Waals surface area contributed by atoms with Gasteiger partial charge in [0.2, 0.25) is 0 Å². The molecule has 0 fully saturated rings. The monoisotopic (exact) mass is 331 g/mol. The third-order valence-electron chi connectivity index (χ3n) is 3.88. The summed E-state index contributed by atoms with van der Waals surface area (Å²) in [5.41, 5.74) is 6.92. The van der Waals surface area contributed by atoms with E-state index in [2.05, 4.69) is 16.9 Å². The van der Waals surface area contributed by atoms with Crippen molar-refractivity contribution in [3.05, 3.63) is 36.3 Å². The molecule has 24 heavy (non-hydrogen) atoms. The van der Waals surface area contributed by atoms with Crippen LogP contribution in [0.25, 0.3) is 11.3 Å². The molecule has 1 unspecified atom stereocenters. The number of ether oxygens (including phenoxy) is 2. The van der Waals surface area contributed by atoms with E-state index in [1.807, 2.05) is 24.3 Å². The lowest BCUT2D eigenvalue weighted by Gasteiger charge is -2.14. The van der Waals surface area contributed by atoms with Crippen LogP contribution in [-0.2, 0) is 4.74 Å². The summed E-state index contributed by atoms with van der Waals surface area (Å²) in [6, 6.07) is 7.67. The van der Waals surface area contributed by atoms with Gasteiger partial charge in [0.15, 0.2) is 6.10 Å². The molecule has 6 nitrogen and oxygen atoms in total. The molecule has 1 heterocycles. The molecule has 0 bridgehead atoms. The number of carbonyl (C=O) groups excluding carboxylic acids is 1. The third-order valence-corrected chi connectivity index (χ3v) is 3.88. The molecule has 0 aliphatic rings. The molecule has 130 valence electrons. The number of methoxy groups -OCH3 is 1. The van der Waals surface area contributed by atoms with Crippen molar-refractivity contribution < 1.29 is 14.3 Å². The number of benzene rings is 1. The van der Waals surface area contributed by atoms with E-state index in [1.54, 1.807) is 13.3 Å². The first kappa shape index (κ1) is 17.8. The molecular weight excluding hydrogens is 306 g/mol. The van der Waals surface area contributed by atoms with Gasteiger partial charge in [-0.25, -0.2) is 9.78 Å². The van der Waals surface area contributed by atoms with Gasteiger partial charge in [-0.2, -0.15) is 0 Å². The molecule has 0 spiro atoms. The number of carbonyl (C=O) groups is 1. The van der Waals surface area contributed by atoms with Gasteiger partial charge in [-0.05, 0) is 25.0 Å². The predicted octanol–water partition coefficient (Wildman–Crippen LogP) is 4.19. The molecule has 1 amide bonds. The van der Waals surface area contributed by atoms with Crippen molar-refractivity contribution in [3.8, 4) is 17.0 Å². The highest BCUT2D eigenvalue weighted by molar-refractivity contribution is 5.67. The Morgan fingerprint density at radius 3 is 2.79 bits per heavy atom.